The molecule has 1 unspecified atom stereocenters. The smallest absolute Gasteiger partial charge is 0.326 e. The Bertz CT molecular complexity index is 569. The molecule has 1 aliphatic rings. The highest BCUT2D eigenvalue weighted by molar-refractivity contribution is 6.01. The van der Waals surface area contributed by atoms with Gasteiger partial charge in [0.25, 0.3) is 5.91 Å². The van der Waals surface area contributed by atoms with Gasteiger partial charge >= 0.3 is 5.97 Å². The van der Waals surface area contributed by atoms with Crippen molar-refractivity contribution in [2.75, 3.05) is 0 Å². The van der Waals surface area contributed by atoms with E-state index in [0.29, 0.717) is 5.56 Å². The zero-order chi connectivity index (χ0) is 14.2. The number of primary amides is 1. The average Bonchev–Trinajstić information content (AvgIpc) is 2.65. The van der Waals surface area contributed by atoms with Gasteiger partial charge < -0.3 is 20.8 Å². The number of benzene rings is 1. The van der Waals surface area contributed by atoms with Gasteiger partial charge in [0.1, 0.15) is 11.8 Å². The maximum Gasteiger partial charge on any atom is 0.326 e. The van der Waals surface area contributed by atoms with Crippen LogP contribution in [0.15, 0.2) is 18.2 Å². The van der Waals surface area contributed by atoms with Crippen molar-refractivity contribution in [1.29, 1.82) is 0 Å². The molecule has 1 aliphatic heterocycles. The number of rotatable bonds is 4. The lowest BCUT2D eigenvalue weighted by atomic mass is 10.1. The summed E-state index contributed by atoms with van der Waals surface area (Å²) in [4.78, 5) is 35.1. The van der Waals surface area contributed by atoms with Crippen LogP contribution in [0.1, 0.15) is 22.3 Å². The van der Waals surface area contributed by atoms with Crippen molar-refractivity contribution < 1.29 is 24.6 Å². The maximum atomic E-state index is 12.1. The molecule has 4 N–H and O–H groups in total. The number of fused-ring (bicyclic) bond motifs is 1. The Labute approximate surface area is 108 Å². The molecule has 0 spiro atoms. The third-order valence-corrected chi connectivity index (χ3v) is 3.03. The van der Waals surface area contributed by atoms with Crippen molar-refractivity contribution in [2.24, 2.45) is 5.73 Å². The maximum absolute atomic E-state index is 12.1. The summed E-state index contributed by atoms with van der Waals surface area (Å²) in [7, 11) is 0. The van der Waals surface area contributed by atoms with Gasteiger partial charge in [-0.3, -0.25) is 9.59 Å². The minimum absolute atomic E-state index is 0.0505. The van der Waals surface area contributed by atoms with Crippen LogP contribution in [0, 0.1) is 0 Å². The Hall–Kier alpha value is -2.57. The SMILES string of the molecule is NC(=O)CC(C(=O)O)N1Cc2c(O)cccc2C1=O. The van der Waals surface area contributed by atoms with Crippen molar-refractivity contribution >= 4 is 17.8 Å². The highest BCUT2D eigenvalue weighted by Crippen LogP contribution is 2.31. The Morgan fingerprint density at radius 2 is 2.11 bits per heavy atom. The molecule has 19 heavy (non-hydrogen) atoms. The Kier molecular flexibility index (Phi) is 3.12. The Morgan fingerprint density at radius 1 is 1.42 bits per heavy atom. The van der Waals surface area contributed by atoms with E-state index in [-0.39, 0.29) is 17.9 Å². The minimum Gasteiger partial charge on any atom is -0.508 e. The van der Waals surface area contributed by atoms with Crippen LogP contribution in [-0.2, 0) is 16.1 Å². The molecule has 2 rings (SSSR count). The number of carboxylic acids is 1. The molecular formula is C12H12N2O5. The average molecular weight is 264 g/mol. The fourth-order valence-corrected chi connectivity index (χ4v) is 2.11. The van der Waals surface area contributed by atoms with E-state index in [1.54, 1.807) is 0 Å². The van der Waals surface area contributed by atoms with E-state index in [4.69, 9.17) is 10.8 Å². The molecule has 1 heterocycles. The molecule has 7 nitrogen and oxygen atoms in total. The van der Waals surface area contributed by atoms with Crippen molar-refractivity contribution in [3.8, 4) is 5.75 Å². The summed E-state index contributed by atoms with van der Waals surface area (Å²) in [6.07, 6.45) is -0.462. The lowest BCUT2D eigenvalue weighted by Gasteiger charge is -2.22. The van der Waals surface area contributed by atoms with Gasteiger partial charge in [-0.25, -0.2) is 4.79 Å². The van der Waals surface area contributed by atoms with Crippen LogP contribution >= 0.6 is 0 Å². The van der Waals surface area contributed by atoms with Crippen LogP contribution in [0.25, 0.3) is 0 Å². The number of nitrogens with two attached hydrogens (primary N) is 1. The minimum atomic E-state index is -1.32. The lowest BCUT2D eigenvalue weighted by Crippen LogP contribution is -2.43. The number of aromatic hydroxyl groups is 1. The number of phenolic OH excluding ortho intramolecular Hbond substituents is 1. The fraction of sp³-hybridized carbons (Fsp3) is 0.250. The molecule has 0 bridgehead atoms. The first-order valence-electron chi connectivity index (χ1n) is 5.54. The molecule has 1 aromatic carbocycles. The van der Waals surface area contributed by atoms with Crippen LogP contribution in [0.4, 0.5) is 0 Å². The number of aliphatic carboxylic acids is 1. The first kappa shape index (κ1) is 12.9. The van der Waals surface area contributed by atoms with Gasteiger partial charge in [0.2, 0.25) is 5.91 Å². The quantitative estimate of drug-likeness (QED) is 0.688. The first-order chi connectivity index (χ1) is 8.91. The molecule has 1 atom stereocenters. The molecule has 100 valence electrons. The van der Waals surface area contributed by atoms with Gasteiger partial charge in [-0.2, -0.15) is 0 Å². The molecule has 0 aromatic heterocycles. The molecule has 2 amide bonds. The number of amides is 2. The van der Waals surface area contributed by atoms with Gasteiger partial charge in [0.05, 0.1) is 13.0 Å². The second kappa shape index (κ2) is 4.60. The number of carbonyl (C=O) groups is 3. The van der Waals surface area contributed by atoms with E-state index in [1.165, 1.54) is 18.2 Å². The highest BCUT2D eigenvalue weighted by Gasteiger charge is 2.38. The summed E-state index contributed by atoms with van der Waals surface area (Å²) in [6.45, 7) is -0.0505. The first-order valence-corrected chi connectivity index (χ1v) is 5.54. The molecule has 0 saturated carbocycles. The summed E-state index contributed by atoms with van der Waals surface area (Å²) in [6, 6.07) is 3.09. The fourth-order valence-electron chi connectivity index (χ4n) is 2.11. The summed E-state index contributed by atoms with van der Waals surface area (Å²) in [5.74, 6) is -2.71. The number of carbonyl (C=O) groups excluding carboxylic acids is 2. The molecule has 7 heteroatoms. The van der Waals surface area contributed by atoms with E-state index in [9.17, 15) is 19.5 Å². The zero-order valence-electron chi connectivity index (χ0n) is 9.87. The van der Waals surface area contributed by atoms with Crippen LogP contribution < -0.4 is 5.73 Å². The number of hydrogen-bond acceptors (Lipinski definition) is 4. The van der Waals surface area contributed by atoms with Gasteiger partial charge in [0.15, 0.2) is 0 Å². The largest absolute Gasteiger partial charge is 0.508 e. The third-order valence-electron chi connectivity index (χ3n) is 3.03. The van der Waals surface area contributed by atoms with Crippen molar-refractivity contribution in [3.05, 3.63) is 29.3 Å². The Balaban J connectivity index is 2.34. The van der Waals surface area contributed by atoms with Crippen molar-refractivity contribution in [2.45, 2.75) is 19.0 Å². The third kappa shape index (κ3) is 2.22. The van der Waals surface area contributed by atoms with Crippen LogP contribution in [0.3, 0.4) is 0 Å². The van der Waals surface area contributed by atoms with Gasteiger partial charge in [0, 0.05) is 11.1 Å². The molecular weight excluding hydrogens is 252 g/mol. The molecule has 0 saturated heterocycles. The van der Waals surface area contributed by atoms with Gasteiger partial charge in [-0.05, 0) is 12.1 Å². The molecule has 1 aromatic rings. The summed E-state index contributed by atoms with van der Waals surface area (Å²) in [5.41, 5.74) is 5.60. The van der Waals surface area contributed by atoms with Gasteiger partial charge in [-0.15, -0.1) is 0 Å². The van der Waals surface area contributed by atoms with Crippen molar-refractivity contribution in [3.63, 3.8) is 0 Å². The number of phenols is 1. The second-order valence-corrected chi connectivity index (χ2v) is 4.26. The second-order valence-electron chi connectivity index (χ2n) is 4.26. The predicted molar refractivity (Wildman–Crippen MR) is 63.2 cm³/mol. The van der Waals surface area contributed by atoms with Crippen LogP contribution in [-0.4, -0.2) is 38.9 Å². The van der Waals surface area contributed by atoms with Crippen molar-refractivity contribution in [1.82, 2.24) is 4.90 Å². The number of hydrogen-bond donors (Lipinski definition) is 3. The van der Waals surface area contributed by atoms with E-state index < -0.39 is 30.2 Å². The summed E-state index contributed by atoms with van der Waals surface area (Å²) in [5, 5.41) is 18.7. The number of carboxylic acid groups (broad SMARTS) is 1. The summed E-state index contributed by atoms with van der Waals surface area (Å²) < 4.78 is 0. The molecule has 0 fully saturated rings. The van der Waals surface area contributed by atoms with E-state index >= 15 is 0 Å². The lowest BCUT2D eigenvalue weighted by molar-refractivity contribution is -0.144. The van der Waals surface area contributed by atoms with E-state index in [0.717, 1.165) is 4.90 Å². The van der Waals surface area contributed by atoms with E-state index in [1.807, 2.05) is 0 Å². The number of nitrogens with zero attached hydrogens (tertiary/aromatic N) is 1. The molecule has 0 radical (unpaired) electrons. The van der Waals surface area contributed by atoms with Crippen LogP contribution in [0.5, 0.6) is 5.75 Å². The molecule has 0 aliphatic carbocycles. The normalized spacial score (nSPS) is 15.2. The van der Waals surface area contributed by atoms with Crippen LogP contribution in [0.2, 0.25) is 0 Å². The van der Waals surface area contributed by atoms with E-state index in [2.05, 4.69) is 0 Å². The predicted octanol–water partition coefficient (Wildman–Crippen LogP) is -0.323. The Morgan fingerprint density at radius 3 is 2.63 bits per heavy atom. The topological polar surface area (TPSA) is 121 Å². The standard InChI is InChI=1S/C12H12N2O5/c13-10(16)4-8(12(18)19)14-5-7-6(11(14)17)2-1-3-9(7)15/h1-3,8,15H,4-5H2,(H2,13,16)(H,18,19). The zero-order valence-corrected chi connectivity index (χ0v) is 9.87. The monoisotopic (exact) mass is 264 g/mol. The van der Waals surface area contributed by atoms with Gasteiger partial charge in [-0.1, -0.05) is 6.07 Å². The summed E-state index contributed by atoms with van der Waals surface area (Å²) >= 11 is 0. The highest BCUT2D eigenvalue weighted by atomic mass is 16.4.